The molecule has 2 aromatic rings. The summed E-state index contributed by atoms with van der Waals surface area (Å²) in [6.45, 7) is 6.17. The summed E-state index contributed by atoms with van der Waals surface area (Å²) >= 11 is 6.65. The zero-order valence-electron chi connectivity index (χ0n) is 26.1. The highest BCUT2D eigenvalue weighted by molar-refractivity contribution is 6.30. The fourth-order valence-corrected chi connectivity index (χ4v) is 6.70. The molecule has 2 fully saturated rings. The maximum absolute atomic E-state index is 13.0. The molecule has 1 aliphatic heterocycles. The Morgan fingerprint density at radius 2 is 1.96 bits per heavy atom. The van der Waals surface area contributed by atoms with Gasteiger partial charge in [0.2, 0.25) is 5.91 Å². The van der Waals surface area contributed by atoms with Crippen LogP contribution in [0.5, 0.6) is 0 Å². The molecule has 5 rings (SSSR count). The first-order valence-electron chi connectivity index (χ1n) is 15.6. The second-order valence-corrected chi connectivity index (χ2v) is 12.1. The molecule has 2 aliphatic carbocycles. The summed E-state index contributed by atoms with van der Waals surface area (Å²) in [7, 11) is 3.31. The molecule has 1 saturated heterocycles. The predicted molar refractivity (Wildman–Crippen MR) is 176 cm³/mol. The van der Waals surface area contributed by atoms with Crippen molar-refractivity contribution >= 4 is 35.3 Å². The first-order valence-corrected chi connectivity index (χ1v) is 15.9. The quantitative estimate of drug-likeness (QED) is 0.406. The van der Waals surface area contributed by atoms with E-state index in [1.54, 1.807) is 17.3 Å². The highest BCUT2D eigenvalue weighted by Gasteiger charge is 2.36. The number of hydrogen-bond acceptors (Lipinski definition) is 8. The number of piperazine rings is 1. The van der Waals surface area contributed by atoms with Crippen LogP contribution in [0.25, 0.3) is 11.6 Å². The van der Waals surface area contributed by atoms with Crippen LogP contribution in [0.1, 0.15) is 60.5 Å². The van der Waals surface area contributed by atoms with E-state index in [-0.39, 0.29) is 30.8 Å². The summed E-state index contributed by atoms with van der Waals surface area (Å²) in [4.78, 5) is 36.9. The zero-order valence-corrected chi connectivity index (χ0v) is 26.8. The molecule has 3 N–H and O–H groups in total. The molecule has 3 aliphatic rings. The second kappa shape index (κ2) is 14.9. The molecule has 11 heteroatoms. The summed E-state index contributed by atoms with van der Waals surface area (Å²) in [5.41, 5.74) is 11.3. The van der Waals surface area contributed by atoms with Crippen molar-refractivity contribution in [2.75, 3.05) is 46.9 Å². The van der Waals surface area contributed by atoms with Gasteiger partial charge in [-0.1, -0.05) is 36.7 Å². The van der Waals surface area contributed by atoms with Crippen LogP contribution >= 0.6 is 11.6 Å². The maximum atomic E-state index is 13.0. The fourth-order valence-electron chi connectivity index (χ4n) is 6.53. The van der Waals surface area contributed by atoms with Gasteiger partial charge >= 0.3 is 6.09 Å². The predicted octanol–water partition coefficient (Wildman–Crippen LogP) is 4.77. The number of aromatic nitrogens is 1. The monoisotopic (exact) mass is 634 g/mol. The number of amides is 2. The van der Waals surface area contributed by atoms with E-state index < -0.39 is 6.04 Å². The van der Waals surface area contributed by atoms with Gasteiger partial charge in [-0.3, -0.25) is 14.7 Å². The number of fused-ring (bicyclic) bond motifs is 2. The molecular formula is C34H43ClN6O4. The SMILES string of the molecule is C=CN(C)/C(=C\N)C(NC(=O)COC)C1=Cc2cccnc2C(N2CCN(C(=O)OC3CCCCC3)CC2)c2ccc(Cl)cc21. The number of carbonyl (C=O) groups excluding carboxylic acids is 2. The van der Waals surface area contributed by atoms with E-state index in [9.17, 15) is 9.59 Å². The van der Waals surface area contributed by atoms with Gasteiger partial charge in [0.1, 0.15) is 12.7 Å². The van der Waals surface area contributed by atoms with Crippen molar-refractivity contribution in [1.82, 2.24) is 25.0 Å². The van der Waals surface area contributed by atoms with E-state index >= 15 is 0 Å². The number of hydrogen-bond donors (Lipinski definition) is 2. The Kier molecular flexibility index (Phi) is 10.8. The van der Waals surface area contributed by atoms with Crippen molar-refractivity contribution in [2.45, 2.75) is 50.3 Å². The maximum Gasteiger partial charge on any atom is 0.410 e. The molecule has 1 saturated carbocycles. The Balaban J connectivity index is 1.51. The lowest BCUT2D eigenvalue weighted by atomic mass is 9.89. The summed E-state index contributed by atoms with van der Waals surface area (Å²) in [5.74, 6) is -0.299. The number of ether oxygens (including phenoxy) is 2. The minimum absolute atomic E-state index is 0.0215. The van der Waals surface area contributed by atoms with Crippen LogP contribution in [0.15, 0.2) is 61.2 Å². The van der Waals surface area contributed by atoms with Crippen LogP contribution in [0.2, 0.25) is 5.02 Å². The van der Waals surface area contributed by atoms with Crippen molar-refractivity contribution in [1.29, 1.82) is 0 Å². The first kappa shape index (κ1) is 32.5. The molecule has 0 bridgehead atoms. The van der Waals surface area contributed by atoms with E-state index in [4.69, 9.17) is 31.8 Å². The Bertz CT molecular complexity index is 1450. The number of nitrogens with zero attached hydrogens (tertiary/aromatic N) is 4. The van der Waals surface area contributed by atoms with E-state index in [0.29, 0.717) is 36.9 Å². The van der Waals surface area contributed by atoms with Gasteiger partial charge in [0, 0.05) is 57.8 Å². The van der Waals surface area contributed by atoms with Crippen LogP contribution in [0.3, 0.4) is 0 Å². The van der Waals surface area contributed by atoms with Gasteiger partial charge in [0.05, 0.1) is 23.5 Å². The van der Waals surface area contributed by atoms with Gasteiger partial charge in [-0.2, -0.15) is 0 Å². The Labute approximate surface area is 270 Å². The molecule has 240 valence electrons. The summed E-state index contributed by atoms with van der Waals surface area (Å²) < 4.78 is 11.0. The molecule has 2 atom stereocenters. The number of pyridine rings is 1. The van der Waals surface area contributed by atoms with Crippen molar-refractivity contribution in [3.8, 4) is 0 Å². The van der Waals surface area contributed by atoms with E-state index in [1.807, 2.05) is 48.4 Å². The van der Waals surface area contributed by atoms with Crippen LogP contribution < -0.4 is 11.1 Å². The minimum Gasteiger partial charge on any atom is -0.446 e. The van der Waals surface area contributed by atoms with Crippen molar-refractivity contribution in [3.63, 3.8) is 0 Å². The highest BCUT2D eigenvalue weighted by Crippen LogP contribution is 2.42. The van der Waals surface area contributed by atoms with Crippen LogP contribution in [-0.4, -0.2) is 90.8 Å². The average Bonchev–Trinajstić information content (AvgIpc) is 3.19. The van der Waals surface area contributed by atoms with E-state index in [0.717, 1.165) is 53.6 Å². The van der Waals surface area contributed by atoms with Gasteiger partial charge < -0.3 is 30.3 Å². The molecule has 1 aromatic heterocycles. The molecule has 2 heterocycles. The second-order valence-electron chi connectivity index (χ2n) is 11.7. The van der Waals surface area contributed by atoms with Gasteiger partial charge in [0.15, 0.2) is 0 Å². The molecule has 2 amide bonds. The third-order valence-corrected chi connectivity index (χ3v) is 9.09. The van der Waals surface area contributed by atoms with Crippen LogP contribution in [0.4, 0.5) is 4.79 Å². The van der Waals surface area contributed by atoms with Crippen LogP contribution in [-0.2, 0) is 14.3 Å². The van der Waals surface area contributed by atoms with Gasteiger partial charge in [-0.25, -0.2) is 4.79 Å². The Morgan fingerprint density at radius 3 is 2.64 bits per heavy atom. The van der Waals surface area contributed by atoms with Crippen molar-refractivity contribution in [3.05, 3.63) is 88.6 Å². The Hall–Kier alpha value is -3.86. The summed E-state index contributed by atoms with van der Waals surface area (Å²) in [5, 5.41) is 3.67. The van der Waals surface area contributed by atoms with Gasteiger partial charge in [0.25, 0.3) is 0 Å². The number of benzene rings is 1. The van der Waals surface area contributed by atoms with Crippen LogP contribution in [0, 0.1) is 0 Å². The Morgan fingerprint density at radius 1 is 1.20 bits per heavy atom. The fraction of sp³-hybridized carbons (Fsp3) is 0.441. The van der Waals surface area contributed by atoms with Crippen molar-refractivity contribution < 1.29 is 19.1 Å². The first-order chi connectivity index (χ1) is 21.8. The molecule has 0 spiro atoms. The minimum atomic E-state index is -0.656. The zero-order chi connectivity index (χ0) is 31.9. The molecule has 10 nitrogen and oxygen atoms in total. The lowest BCUT2D eigenvalue weighted by Gasteiger charge is -2.40. The average molecular weight is 635 g/mol. The summed E-state index contributed by atoms with van der Waals surface area (Å²) in [6.07, 6.45) is 12.1. The van der Waals surface area contributed by atoms with E-state index in [1.165, 1.54) is 19.7 Å². The largest absolute Gasteiger partial charge is 0.446 e. The molecule has 2 unspecified atom stereocenters. The van der Waals surface area contributed by atoms with Gasteiger partial charge in [-0.05, 0) is 78.4 Å². The van der Waals surface area contributed by atoms with E-state index in [2.05, 4.69) is 16.8 Å². The number of nitrogens with two attached hydrogens (primary N) is 1. The van der Waals surface area contributed by atoms with Gasteiger partial charge in [-0.15, -0.1) is 0 Å². The number of rotatable bonds is 9. The molecule has 0 radical (unpaired) electrons. The lowest BCUT2D eigenvalue weighted by Crippen LogP contribution is -2.50. The van der Waals surface area contributed by atoms with Crippen molar-refractivity contribution in [2.24, 2.45) is 5.73 Å². The third-order valence-electron chi connectivity index (χ3n) is 8.86. The number of likely N-dealkylation sites (N-methyl/N-ethyl adjacent to an activating group) is 1. The standard InChI is InChI=1S/C34H43ClN6O4/c1-4-39(2)29(21-36)32(38-30(42)22-44-3)28-19-23-9-8-14-37-31(23)33(26-13-12-24(35)20-27(26)28)40-15-17-41(18-16-40)34(43)45-25-10-6-5-7-11-25/h4,8-9,12-14,19-21,25,32-33H,1,5-7,10-11,15-18,22,36H2,2-3H3,(H,38,42)/b29-21-. The molecule has 45 heavy (non-hydrogen) atoms. The third kappa shape index (κ3) is 7.35. The molecular weight excluding hydrogens is 592 g/mol. The lowest BCUT2D eigenvalue weighted by molar-refractivity contribution is -0.124. The number of methoxy groups -OCH3 is 1. The molecule has 1 aromatic carbocycles. The normalized spacial score (nSPS) is 19.8. The topological polar surface area (TPSA) is 113 Å². The number of nitrogens with one attached hydrogen (secondary N) is 1. The highest BCUT2D eigenvalue weighted by atomic mass is 35.5. The number of carbonyl (C=O) groups is 2. The summed E-state index contributed by atoms with van der Waals surface area (Å²) in [6, 6.07) is 8.88. The number of halogens is 1. The smallest absolute Gasteiger partial charge is 0.410 e.